The average molecular weight is 255 g/mol. The van der Waals surface area contributed by atoms with E-state index in [1.54, 1.807) is 0 Å². The van der Waals surface area contributed by atoms with Crippen molar-refractivity contribution in [3.8, 4) is 6.07 Å². The Morgan fingerprint density at radius 2 is 2.16 bits per heavy atom. The molecule has 1 saturated carbocycles. The second kappa shape index (κ2) is 5.21. The Hall–Kier alpha value is -1.56. The third-order valence-electron chi connectivity index (χ3n) is 4.13. The van der Waals surface area contributed by atoms with Gasteiger partial charge in [-0.1, -0.05) is 6.92 Å². The molecule has 1 aromatic heterocycles. The Morgan fingerprint density at radius 3 is 2.84 bits per heavy atom. The van der Waals surface area contributed by atoms with E-state index in [2.05, 4.69) is 24.0 Å². The monoisotopic (exact) mass is 255 g/mol. The molecule has 0 unspecified atom stereocenters. The zero-order valence-electron chi connectivity index (χ0n) is 11.7. The van der Waals surface area contributed by atoms with Gasteiger partial charge in [-0.25, -0.2) is 4.98 Å². The minimum atomic E-state index is 0.626. The minimum absolute atomic E-state index is 0.626. The molecule has 1 aromatic rings. The highest BCUT2D eigenvalue weighted by atomic mass is 15.2. The molecule has 0 N–H and O–H groups in total. The van der Waals surface area contributed by atoms with Crippen molar-refractivity contribution in [3.63, 3.8) is 0 Å². The molecule has 0 bridgehead atoms. The van der Waals surface area contributed by atoms with Crippen LogP contribution in [0.5, 0.6) is 0 Å². The van der Waals surface area contributed by atoms with Gasteiger partial charge >= 0.3 is 0 Å². The van der Waals surface area contributed by atoms with Gasteiger partial charge in [-0.05, 0) is 56.6 Å². The summed E-state index contributed by atoms with van der Waals surface area (Å²) in [5.41, 5.74) is 3.32. The Morgan fingerprint density at radius 1 is 1.37 bits per heavy atom. The number of rotatable bonds is 4. The maximum absolute atomic E-state index is 9.42. The summed E-state index contributed by atoms with van der Waals surface area (Å²) in [6.45, 7) is 3.21. The molecule has 0 amide bonds. The number of nitriles is 1. The third-order valence-corrected chi connectivity index (χ3v) is 4.13. The van der Waals surface area contributed by atoms with E-state index >= 15 is 0 Å². The van der Waals surface area contributed by atoms with Gasteiger partial charge in [0.05, 0.1) is 5.56 Å². The molecule has 100 valence electrons. The summed E-state index contributed by atoms with van der Waals surface area (Å²) in [5.74, 6) is 0.951. The number of aryl methyl sites for hydroxylation is 2. The van der Waals surface area contributed by atoms with Crippen LogP contribution in [0.15, 0.2) is 6.07 Å². The number of pyridine rings is 1. The van der Waals surface area contributed by atoms with E-state index in [0.29, 0.717) is 6.04 Å². The van der Waals surface area contributed by atoms with Crippen molar-refractivity contribution in [1.29, 1.82) is 5.26 Å². The van der Waals surface area contributed by atoms with Gasteiger partial charge in [-0.2, -0.15) is 5.26 Å². The van der Waals surface area contributed by atoms with Crippen molar-refractivity contribution >= 4 is 5.82 Å². The molecule has 1 fully saturated rings. The van der Waals surface area contributed by atoms with E-state index in [1.165, 1.54) is 36.9 Å². The SMILES string of the molecule is CCCN(c1nc2c(cc1C#N)CCCC2)C1CC1. The number of fused-ring (bicyclic) bond motifs is 1. The second-order valence-corrected chi connectivity index (χ2v) is 5.71. The first-order valence-corrected chi connectivity index (χ1v) is 7.53. The molecule has 1 heterocycles. The highest BCUT2D eigenvalue weighted by molar-refractivity contribution is 5.57. The van der Waals surface area contributed by atoms with Gasteiger partial charge in [-0.3, -0.25) is 0 Å². The lowest BCUT2D eigenvalue weighted by Gasteiger charge is -2.26. The summed E-state index contributed by atoms with van der Waals surface area (Å²) < 4.78 is 0. The highest BCUT2D eigenvalue weighted by Crippen LogP contribution is 2.34. The molecule has 2 aliphatic rings. The summed E-state index contributed by atoms with van der Waals surface area (Å²) in [4.78, 5) is 7.24. The lowest BCUT2D eigenvalue weighted by Crippen LogP contribution is -2.29. The van der Waals surface area contributed by atoms with E-state index in [0.717, 1.165) is 37.2 Å². The summed E-state index contributed by atoms with van der Waals surface area (Å²) in [6.07, 6.45) is 8.27. The standard InChI is InChI=1S/C16H21N3/c1-2-9-19(14-7-8-14)16-13(11-17)10-12-5-3-4-6-15(12)18-16/h10,14H,2-9H2,1H3. The maximum Gasteiger partial charge on any atom is 0.147 e. The first-order chi connectivity index (χ1) is 9.33. The average Bonchev–Trinajstić information content (AvgIpc) is 3.28. The van der Waals surface area contributed by atoms with Crippen molar-refractivity contribution in [2.24, 2.45) is 0 Å². The largest absolute Gasteiger partial charge is 0.353 e. The predicted molar refractivity (Wildman–Crippen MR) is 76.3 cm³/mol. The van der Waals surface area contributed by atoms with Crippen molar-refractivity contribution < 1.29 is 0 Å². The van der Waals surface area contributed by atoms with Crippen LogP contribution in [0.4, 0.5) is 5.82 Å². The number of aromatic nitrogens is 1. The maximum atomic E-state index is 9.42. The summed E-state index contributed by atoms with van der Waals surface area (Å²) in [7, 11) is 0. The van der Waals surface area contributed by atoms with Crippen LogP contribution in [0.1, 0.15) is 55.8 Å². The van der Waals surface area contributed by atoms with E-state index in [4.69, 9.17) is 4.98 Å². The Kier molecular flexibility index (Phi) is 3.42. The van der Waals surface area contributed by atoms with Crippen LogP contribution in [-0.4, -0.2) is 17.6 Å². The van der Waals surface area contributed by atoms with E-state index in [-0.39, 0.29) is 0 Å². The van der Waals surface area contributed by atoms with Crippen molar-refractivity contribution in [2.75, 3.05) is 11.4 Å². The van der Waals surface area contributed by atoms with Crippen LogP contribution < -0.4 is 4.90 Å². The molecule has 3 nitrogen and oxygen atoms in total. The molecular weight excluding hydrogens is 234 g/mol. The number of hydrogen-bond donors (Lipinski definition) is 0. The van der Waals surface area contributed by atoms with Gasteiger partial charge in [-0.15, -0.1) is 0 Å². The normalized spacial score (nSPS) is 17.7. The zero-order chi connectivity index (χ0) is 13.2. The lowest BCUT2D eigenvalue weighted by atomic mass is 9.95. The molecule has 0 atom stereocenters. The Balaban J connectivity index is 2.00. The first-order valence-electron chi connectivity index (χ1n) is 7.53. The first kappa shape index (κ1) is 12.5. The van der Waals surface area contributed by atoms with Gasteiger partial charge in [0.2, 0.25) is 0 Å². The lowest BCUT2D eigenvalue weighted by molar-refractivity contribution is 0.661. The van der Waals surface area contributed by atoms with Crippen LogP contribution in [0, 0.1) is 11.3 Å². The molecule has 0 saturated heterocycles. The molecule has 2 aliphatic carbocycles. The van der Waals surface area contributed by atoms with Crippen molar-refractivity contribution in [3.05, 3.63) is 22.9 Å². The van der Waals surface area contributed by atoms with Crippen LogP contribution in [0.25, 0.3) is 0 Å². The zero-order valence-corrected chi connectivity index (χ0v) is 11.7. The fourth-order valence-electron chi connectivity index (χ4n) is 3.01. The summed E-state index contributed by atoms with van der Waals surface area (Å²) >= 11 is 0. The molecule has 0 radical (unpaired) electrons. The van der Waals surface area contributed by atoms with E-state index in [9.17, 15) is 5.26 Å². The Labute approximate surface area is 115 Å². The van der Waals surface area contributed by atoms with E-state index < -0.39 is 0 Å². The predicted octanol–water partition coefficient (Wildman–Crippen LogP) is 3.21. The minimum Gasteiger partial charge on any atom is -0.353 e. The molecule has 19 heavy (non-hydrogen) atoms. The number of nitrogens with zero attached hydrogens (tertiary/aromatic N) is 3. The fraction of sp³-hybridized carbons (Fsp3) is 0.625. The summed E-state index contributed by atoms with van der Waals surface area (Å²) in [5, 5.41) is 9.42. The number of anilines is 1. The van der Waals surface area contributed by atoms with E-state index in [1.807, 2.05) is 0 Å². The second-order valence-electron chi connectivity index (χ2n) is 5.71. The van der Waals surface area contributed by atoms with Gasteiger partial charge in [0.15, 0.2) is 0 Å². The molecule has 0 aliphatic heterocycles. The smallest absolute Gasteiger partial charge is 0.147 e. The highest BCUT2D eigenvalue weighted by Gasteiger charge is 2.31. The topological polar surface area (TPSA) is 39.9 Å². The molecule has 0 aromatic carbocycles. The molecule has 0 spiro atoms. The van der Waals surface area contributed by atoms with Crippen LogP contribution in [-0.2, 0) is 12.8 Å². The van der Waals surface area contributed by atoms with Crippen molar-refractivity contribution in [2.45, 2.75) is 57.9 Å². The van der Waals surface area contributed by atoms with Crippen LogP contribution in [0.3, 0.4) is 0 Å². The van der Waals surface area contributed by atoms with Gasteiger partial charge in [0, 0.05) is 18.3 Å². The number of hydrogen-bond acceptors (Lipinski definition) is 3. The quantitative estimate of drug-likeness (QED) is 0.829. The van der Waals surface area contributed by atoms with Gasteiger partial charge in [0.1, 0.15) is 11.9 Å². The molecule has 3 rings (SSSR count). The van der Waals surface area contributed by atoms with Gasteiger partial charge < -0.3 is 4.90 Å². The van der Waals surface area contributed by atoms with Crippen LogP contribution in [0.2, 0.25) is 0 Å². The van der Waals surface area contributed by atoms with Gasteiger partial charge in [0.25, 0.3) is 0 Å². The Bertz CT molecular complexity index is 511. The molecular formula is C16H21N3. The fourth-order valence-corrected chi connectivity index (χ4v) is 3.01. The third kappa shape index (κ3) is 2.45. The molecule has 3 heteroatoms. The summed E-state index contributed by atoms with van der Waals surface area (Å²) in [6, 6.07) is 5.09. The van der Waals surface area contributed by atoms with Crippen LogP contribution >= 0.6 is 0 Å². The van der Waals surface area contributed by atoms with Crippen molar-refractivity contribution in [1.82, 2.24) is 4.98 Å².